The van der Waals surface area contributed by atoms with Gasteiger partial charge in [0.05, 0.1) is 0 Å². The van der Waals surface area contributed by atoms with Gasteiger partial charge in [-0.1, -0.05) is 6.08 Å². The molecule has 4 heteroatoms. The van der Waals surface area contributed by atoms with Gasteiger partial charge in [0.2, 0.25) is 0 Å². The van der Waals surface area contributed by atoms with E-state index >= 15 is 0 Å². The van der Waals surface area contributed by atoms with Crippen molar-refractivity contribution in [3.8, 4) is 0 Å². The summed E-state index contributed by atoms with van der Waals surface area (Å²) in [5.74, 6) is -0.988. The van der Waals surface area contributed by atoms with Gasteiger partial charge in [-0.15, -0.1) is 6.58 Å². The lowest BCUT2D eigenvalue weighted by molar-refractivity contribution is 0.0689. The number of hydrogen-bond acceptors (Lipinski definition) is 2. The summed E-state index contributed by atoms with van der Waals surface area (Å²) in [6, 6.07) is 1.58. The molecule has 13 heavy (non-hydrogen) atoms. The van der Waals surface area contributed by atoms with Crippen molar-refractivity contribution in [1.82, 2.24) is 9.78 Å². The van der Waals surface area contributed by atoms with Gasteiger partial charge in [0.1, 0.15) is 0 Å². The van der Waals surface area contributed by atoms with Crippen LogP contribution in [0.1, 0.15) is 23.1 Å². The van der Waals surface area contributed by atoms with E-state index in [1.165, 1.54) is 0 Å². The number of nitrogens with zero attached hydrogens (tertiary/aromatic N) is 2. The van der Waals surface area contributed by atoms with Crippen molar-refractivity contribution in [3.63, 3.8) is 0 Å². The van der Waals surface area contributed by atoms with Gasteiger partial charge in [-0.3, -0.25) is 4.68 Å². The highest BCUT2D eigenvalue weighted by atomic mass is 16.4. The average Bonchev–Trinajstić information content (AvgIpc) is 2.48. The third kappa shape index (κ3) is 1.96. The molecule has 0 saturated carbocycles. The summed E-state index contributed by atoms with van der Waals surface area (Å²) in [7, 11) is 0. The van der Waals surface area contributed by atoms with Gasteiger partial charge in [0, 0.05) is 18.7 Å². The largest absolute Gasteiger partial charge is 0.476 e. The first-order chi connectivity index (χ1) is 6.19. The molecule has 0 saturated heterocycles. The van der Waals surface area contributed by atoms with Crippen LogP contribution < -0.4 is 0 Å². The summed E-state index contributed by atoms with van der Waals surface area (Å²) >= 11 is 0. The van der Waals surface area contributed by atoms with Crippen LogP contribution in [0.2, 0.25) is 0 Å². The number of carboxylic acid groups (broad SMARTS) is 1. The molecule has 0 unspecified atom stereocenters. The average molecular weight is 180 g/mol. The number of hydrogen-bond donors (Lipinski definition) is 1. The van der Waals surface area contributed by atoms with Crippen molar-refractivity contribution in [1.29, 1.82) is 0 Å². The quantitative estimate of drug-likeness (QED) is 0.711. The van der Waals surface area contributed by atoms with Gasteiger partial charge in [-0.25, -0.2) is 4.79 Å². The van der Waals surface area contributed by atoms with Crippen molar-refractivity contribution < 1.29 is 9.90 Å². The molecule has 1 aromatic heterocycles. The number of allylic oxidation sites excluding steroid dienone is 1. The van der Waals surface area contributed by atoms with Crippen molar-refractivity contribution in [3.05, 3.63) is 30.1 Å². The Balaban J connectivity index is 3.03. The third-order valence-electron chi connectivity index (χ3n) is 1.74. The first kappa shape index (κ1) is 9.51. The molecule has 0 aliphatic heterocycles. The van der Waals surface area contributed by atoms with E-state index < -0.39 is 5.97 Å². The highest BCUT2D eigenvalue weighted by molar-refractivity contribution is 5.85. The minimum atomic E-state index is -0.988. The molecular weight excluding hydrogens is 168 g/mol. The van der Waals surface area contributed by atoms with Crippen LogP contribution in [0.25, 0.3) is 0 Å². The molecule has 0 atom stereocenters. The van der Waals surface area contributed by atoms with Gasteiger partial charge in [-0.05, 0) is 13.0 Å². The lowest BCUT2D eigenvalue weighted by Crippen LogP contribution is -2.03. The summed E-state index contributed by atoms with van der Waals surface area (Å²) in [5, 5.41) is 12.6. The Morgan fingerprint density at radius 3 is 3.00 bits per heavy atom. The van der Waals surface area contributed by atoms with Crippen LogP contribution in [-0.2, 0) is 13.0 Å². The van der Waals surface area contributed by atoms with Crippen molar-refractivity contribution in [2.24, 2.45) is 0 Å². The first-order valence-electron chi connectivity index (χ1n) is 4.10. The molecule has 4 nitrogen and oxygen atoms in total. The van der Waals surface area contributed by atoms with Crippen LogP contribution in [0.5, 0.6) is 0 Å². The Morgan fingerprint density at radius 1 is 1.85 bits per heavy atom. The first-order valence-corrected chi connectivity index (χ1v) is 4.10. The maximum atomic E-state index is 10.6. The molecular formula is C9H12N2O2. The summed E-state index contributed by atoms with van der Waals surface area (Å²) in [6.45, 7) is 6.20. The van der Waals surface area contributed by atoms with Crippen LogP contribution in [0.3, 0.4) is 0 Å². The van der Waals surface area contributed by atoms with Crippen LogP contribution in [0.4, 0.5) is 0 Å². The standard InChI is InChI=1S/C9H12N2O2/c1-3-5-7-6-8(9(12)13)10-11(7)4-2/h3,6H,1,4-5H2,2H3,(H,12,13). The number of carbonyl (C=O) groups is 1. The molecule has 0 aliphatic carbocycles. The summed E-state index contributed by atoms with van der Waals surface area (Å²) in [5.41, 5.74) is 0.980. The third-order valence-corrected chi connectivity index (χ3v) is 1.74. The molecule has 1 rings (SSSR count). The fourth-order valence-corrected chi connectivity index (χ4v) is 1.15. The molecule has 0 aliphatic rings. The van der Waals surface area contributed by atoms with Crippen molar-refractivity contribution in [2.75, 3.05) is 0 Å². The van der Waals surface area contributed by atoms with Crippen LogP contribution in [-0.4, -0.2) is 20.9 Å². The second-order valence-electron chi connectivity index (χ2n) is 2.63. The predicted octanol–water partition coefficient (Wildman–Crippen LogP) is 1.33. The number of aromatic carboxylic acids is 1. The lowest BCUT2D eigenvalue weighted by Gasteiger charge is -1.99. The monoisotopic (exact) mass is 180 g/mol. The van der Waals surface area contributed by atoms with E-state index in [-0.39, 0.29) is 5.69 Å². The molecule has 0 spiro atoms. The number of rotatable bonds is 4. The van der Waals surface area contributed by atoms with Crippen LogP contribution in [0, 0.1) is 0 Å². The van der Waals surface area contributed by atoms with Gasteiger partial charge in [0.15, 0.2) is 5.69 Å². The van der Waals surface area contributed by atoms with Gasteiger partial charge in [-0.2, -0.15) is 5.10 Å². The zero-order valence-electron chi connectivity index (χ0n) is 7.53. The molecule has 70 valence electrons. The van der Waals surface area contributed by atoms with E-state index in [0.29, 0.717) is 13.0 Å². The maximum absolute atomic E-state index is 10.6. The maximum Gasteiger partial charge on any atom is 0.356 e. The second kappa shape index (κ2) is 3.89. The van der Waals surface area contributed by atoms with Crippen LogP contribution in [0.15, 0.2) is 18.7 Å². The highest BCUT2D eigenvalue weighted by Crippen LogP contribution is 2.05. The fourth-order valence-electron chi connectivity index (χ4n) is 1.15. The minimum absolute atomic E-state index is 0.0960. The zero-order chi connectivity index (χ0) is 9.84. The lowest BCUT2D eigenvalue weighted by atomic mass is 10.3. The number of carboxylic acids is 1. The second-order valence-corrected chi connectivity index (χ2v) is 2.63. The Morgan fingerprint density at radius 2 is 2.54 bits per heavy atom. The van der Waals surface area contributed by atoms with E-state index in [2.05, 4.69) is 11.7 Å². The van der Waals surface area contributed by atoms with E-state index in [0.717, 1.165) is 5.69 Å². The molecule has 0 radical (unpaired) electrons. The molecule has 1 aromatic rings. The van der Waals surface area contributed by atoms with E-state index in [9.17, 15) is 4.79 Å². The smallest absolute Gasteiger partial charge is 0.356 e. The molecule has 0 fully saturated rings. The molecule has 0 amide bonds. The van der Waals surface area contributed by atoms with Crippen LogP contribution >= 0.6 is 0 Å². The Labute approximate surface area is 76.5 Å². The minimum Gasteiger partial charge on any atom is -0.476 e. The molecule has 1 heterocycles. The van der Waals surface area contributed by atoms with Crippen molar-refractivity contribution >= 4 is 5.97 Å². The fraction of sp³-hybridized carbons (Fsp3) is 0.333. The Hall–Kier alpha value is -1.58. The SMILES string of the molecule is C=CCc1cc(C(=O)O)nn1CC. The normalized spacial score (nSPS) is 9.92. The number of aryl methyl sites for hydroxylation is 1. The van der Waals surface area contributed by atoms with Gasteiger partial charge >= 0.3 is 5.97 Å². The highest BCUT2D eigenvalue weighted by Gasteiger charge is 2.10. The number of aromatic nitrogens is 2. The molecule has 0 bridgehead atoms. The zero-order valence-corrected chi connectivity index (χ0v) is 7.53. The topological polar surface area (TPSA) is 55.1 Å². The van der Waals surface area contributed by atoms with E-state index in [4.69, 9.17) is 5.11 Å². The predicted molar refractivity (Wildman–Crippen MR) is 48.8 cm³/mol. The van der Waals surface area contributed by atoms with E-state index in [1.807, 2.05) is 6.92 Å². The van der Waals surface area contributed by atoms with E-state index in [1.54, 1.807) is 16.8 Å². The summed E-state index contributed by atoms with van der Waals surface area (Å²) in [6.07, 6.45) is 2.38. The summed E-state index contributed by atoms with van der Waals surface area (Å²) in [4.78, 5) is 10.6. The summed E-state index contributed by atoms with van der Waals surface area (Å²) < 4.78 is 1.67. The van der Waals surface area contributed by atoms with Gasteiger partial charge < -0.3 is 5.11 Å². The van der Waals surface area contributed by atoms with Gasteiger partial charge in [0.25, 0.3) is 0 Å². The Bertz CT molecular complexity index is 328. The molecule has 0 aromatic carbocycles. The Kier molecular flexibility index (Phi) is 2.84. The molecule has 1 N–H and O–H groups in total. The van der Waals surface area contributed by atoms with Crippen molar-refractivity contribution in [2.45, 2.75) is 19.9 Å².